The number of amides is 1. The first-order chi connectivity index (χ1) is 21.3. The molecule has 3 aromatic rings. The fourth-order valence-corrected chi connectivity index (χ4v) is 5.60. The molecular formula is C34H47N5O6. The lowest BCUT2D eigenvalue weighted by molar-refractivity contribution is -0.139. The summed E-state index contributed by atoms with van der Waals surface area (Å²) in [6, 6.07) is 5.17. The molecule has 45 heavy (non-hydrogen) atoms. The van der Waals surface area contributed by atoms with Crippen LogP contribution in [0.15, 0.2) is 35.3 Å². The second-order valence-electron chi connectivity index (χ2n) is 11.9. The summed E-state index contributed by atoms with van der Waals surface area (Å²) in [5.41, 5.74) is 12.5. The van der Waals surface area contributed by atoms with E-state index < -0.39 is 18.1 Å². The molecule has 11 nitrogen and oxygen atoms in total. The molecule has 3 rings (SSSR count). The number of rotatable bonds is 17. The Hall–Kier alpha value is -4.22. The number of carbonyl (C=O) groups is 2. The molecular weight excluding hydrogens is 574 g/mol. The van der Waals surface area contributed by atoms with Gasteiger partial charge in [0.1, 0.15) is 23.2 Å². The molecule has 244 valence electrons. The number of aliphatic carboxylic acids is 1. The van der Waals surface area contributed by atoms with E-state index in [9.17, 15) is 29.7 Å². The number of aryl methyl sites for hydroxylation is 6. The molecule has 11 heteroatoms. The Morgan fingerprint density at radius 1 is 0.844 bits per heavy atom. The van der Waals surface area contributed by atoms with Crippen LogP contribution in [0.5, 0.6) is 11.5 Å². The van der Waals surface area contributed by atoms with E-state index in [0.717, 1.165) is 51.9 Å². The van der Waals surface area contributed by atoms with E-state index in [0.29, 0.717) is 57.3 Å². The van der Waals surface area contributed by atoms with Gasteiger partial charge in [-0.05, 0) is 143 Å². The number of benzene rings is 2. The number of aromatic hydroxyl groups is 2. The van der Waals surface area contributed by atoms with Crippen LogP contribution in [0.3, 0.4) is 0 Å². The molecule has 2 atom stereocenters. The molecule has 1 aromatic heterocycles. The summed E-state index contributed by atoms with van der Waals surface area (Å²) in [6.07, 6.45) is 6.33. The van der Waals surface area contributed by atoms with E-state index in [4.69, 9.17) is 5.73 Å². The molecule has 0 aliphatic heterocycles. The highest BCUT2D eigenvalue weighted by molar-refractivity contribution is 5.81. The second-order valence-corrected chi connectivity index (χ2v) is 11.9. The van der Waals surface area contributed by atoms with Crippen molar-refractivity contribution in [1.82, 2.24) is 20.6 Å². The summed E-state index contributed by atoms with van der Waals surface area (Å²) in [5, 5.41) is 35.1. The fourth-order valence-electron chi connectivity index (χ4n) is 5.60. The number of unbranched alkanes of at least 4 members (excludes halogenated alkanes) is 2. The average molecular weight is 622 g/mol. The van der Waals surface area contributed by atoms with E-state index in [-0.39, 0.29) is 23.0 Å². The second kappa shape index (κ2) is 16.7. The van der Waals surface area contributed by atoms with Gasteiger partial charge in [0.15, 0.2) is 0 Å². The highest BCUT2D eigenvalue weighted by Gasteiger charge is 2.20. The molecule has 0 spiro atoms. The zero-order valence-corrected chi connectivity index (χ0v) is 26.7. The number of phenolic OH excluding ortho intramolecular Hbond substituents is 2. The van der Waals surface area contributed by atoms with Crippen LogP contribution in [-0.4, -0.2) is 62.3 Å². The van der Waals surface area contributed by atoms with E-state index in [2.05, 4.69) is 20.6 Å². The van der Waals surface area contributed by atoms with Crippen molar-refractivity contribution in [3.05, 3.63) is 85.6 Å². The van der Waals surface area contributed by atoms with Gasteiger partial charge in [-0.1, -0.05) is 0 Å². The van der Waals surface area contributed by atoms with Crippen LogP contribution in [-0.2, 0) is 35.3 Å². The number of phenols is 2. The van der Waals surface area contributed by atoms with Gasteiger partial charge >= 0.3 is 5.97 Å². The molecule has 2 aromatic carbocycles. The van der Waals surface area contributed by atoms with Crippen LogP contribution in [0.4, 0.5) is 0 Å². The number of carbonyl (C=O) groups excluding carboxylic acids is 1. The van der Waals surface area contributed by atoms with Gasteiger partial charge in [0, 0.05) is 18.4 Å². The van der Waals surface area contributed by atoms with Gasteiger partial charge < -0.3 is 36.7 Å². The summed E-state index contributed by atoms with van der Waals surface area (Å²) in [7, 11) is 0. The lowest BCUT2D eigenvalue weighted by Gasteiger charge is -2.18. The molecule has 0 unspecified atom stereocenters. The molecule has 0 saturated heterocycles. The number of H-pyrrole nitrogens is 1. The zero-order chi connectivity index (χ0) is 33.1. The summed E-state index contributed by atoms with van der Waals surface area (Å²) >= 11 is 0. The maximum absolute atomic E-state index is 12.5. The van der Waals surface area contributed by atoms with Gasteiger partial charge in [-0.25, -0.2) is 0 Å². The quantitative estimate of drug-likeness (QED) is 0.111. The van der Waals surface area contributed by atoms with Crippen molar-refractivity contribution in [2.24, 2.45) is 5.73 Å². The molecule has 0 saturated carbocycles. The van der Waals surface area contributed by atoms with Gasteiger partial charge in [-0.3, -0.25) is 19.4 Å². The first-order valence-electron chi connectivity index (χ1n) is 15.5. The highest BCUT2D eigenvalue weighted by atomic mass is 16.4. The van der Waals surface area contributed by atoms with Crippen molar-refractivity contribution < 1.29 is 24.9 Å². The van der Waals surface area contributed by atoms with Crippen LogP contribution < -0.4 is 21.9 Å². The molecule has 0 fully saturated rings. The minimum Gasteiger partial charge on any atom is -0.508 e. The molecule has 8 N–H and O–H groups in total. The summed E-state index contributed by atoms with van der Waals surface area (Å²) in [5.74, 6) is -0.793. The van der Waals surface area contributed by atoms with Gasteiger partial charge in [0.2, 0.25) is 5.91 Å². The number of nitrogens with zero attached hydrogens (tertiary/aromatic N) is 1. The topological polar surface area (TPSA) is 191 Å². The third-order valence-electron chi connectivity index (χ3n) is 8.14. The molecule has 0 aliphatic rings. The third-order valence-corrected chi connectivity index (χ3v) is 8.14. The van der Waals surface area contributed by atoms with E-state index >= 15 is 0 Å². The van der Waals surface area contributed by atoms with Gasteiger partial charge in [-0.2, -0.15) is 0 Å². The first-order valence-corrected chi connectivity index (χ1v) is 15.5. The van der Waals surface area contributed by atoms with Crippen molar-refractivity contribution in [2.45, 2.75) is 91.1 Å². The van der Waals surface area contributed by atoms with Gasteiger partial charge in [0.25, 0.3) is 5.56 Å². The molecule has 0 radical (unpaired) electrons. The van der Waals surface area contributed by atoms with Crippen molar-refractivity contribution in [1.29, 1.82) is 0 Å². The number of aromatic amines is 1. The number of nitrogens with two attached hydrogens (primary N) is 1. The Bertz CT molecular complexity index is 1490. The van der Waals surface area contributed by atoms with Crippen LogP contribution in [0.2, 0.25) is 0 Å². The first kappa shape index (κ1) is 35.3. The largest absolute Gasteiger partial charge is 0.508 e. The number of carboxylic acid groups (broad SMARTS) is 1. The van der Waals surface area contributed by atoms with Crippen molar-refractivity contribution >= 4 is 11.9 Å². The molecule has 0 bridgehead atoms. The zero-order valence-electron chi connectivity index (χ0n) is 26.7. The lowest BCUT2D eigenvalue weighted by Crippen LogP contribution is -2.42. The highest BCUT2D eigenvalue weighted by Crippen LogP contribution is 2.23. The number of hydrogen-bond acceptors (Lipinski definition) is 8. The summed E-state index contributed by atoms with van der Waals surface area (Å²) < 4.78 is 0. The minimum atomic E-state index is -0.933. The Kier molecular flexibility index (Phi) is 13.1. The molecule has 0 aliphatic carbocycles. The smallest absolute Gasteiger partial charge is 0.321 e. The van der Waals surface area contributed by atoms with Crippen molar-refractivity contribution in [2.75, 3.05) is 13.1 Å². The predicted molar refractivity (Wildman–Crippen MR) is 174 cm³/mol. The minimum absolute atomic E-state index is 0.168. The molecule has 1 heterocycles. The average Bonchev–Trinajstić information content (AvgIpc) is 2.95. The Balaban J connectivity index is 1.35. The number of carboxylic acids is 1. The summed E-state index contributed by atoms with van der Waals surface area (Å²) in [4.78, 5) is 44.1. The van der Waals surface area contributed by atoms with E-state index in [1.54, 1.807) is 30.5 Å². The van der Waals surface area contributed by atoms with Gasteiger partial charge in [-0.15, -0.1) is 0 Å². The predicted octanol–water partition coefficient (Wildman–Crippen LogP) is 3.03. The third kappa shape index (κ3) is 10.7. The van der Waals surface area contributed by atoms with Gasteiger partial charge in [0.05, 0.1) is 6.04 Å². The Morgan fingerprint density at radius 2 is 1.38 bits per heavy atom. The van der Waals surface area contributed by atoms with Crippen molar-refractivity contribution in [3.63, 3.8) is 0 Å². The van der Waals surface area contributed by atoms with Crippen LogP contribution in [0.1, 0.15) is 70.5 Å². The Labute approximate surface area is 264 Å². The standard InChI is InChI=1S/C34H47N5O6/c1-20-13-25(40)14-21(2)27(20)17-29(35)32(42)37-12-7-5-9-24-19-38-30(33(43)39-24)10-6-8-11-36-31(34(44)45)18-28-22(3)15-26(41)16-23(28)4/h13-16,19,29,31,36,40-41H,5-12,17-18,35H2,1-4H3,(H,37,42)(H,39,43)(H,44,45)/t29-,31-/m0/s1. The van der Waals surface area contributed by atoms with E-state index in [1.807, 2.05) is 27.7 Å². The maximum atomic E-state index is 12.5. The molecule has 1 amide bonds. The van der Waals surface area contributed by atoms with Crippen LogP contribution in [0.25, 0.3) is 0 Å². The number of nitrogens with one attached hydrogen (secondary N) is 3. The fraction of sp³-hybridized carbons (Fsp3) is 0.471. The monoisotopic (exact) mass is 621 g/mol. The normalized spacial score (nSPS) is 12.6. The lowest BCUT2D eigenvalue weighted by atomic mass is 9.96. The Morgan fingerprint density at radius 3 is 1.93 bits per heavy atom. The number of hydrogen-bond donors (Lipinski definition) is 7. The van der Waals surface area contributed by atoms with Crippen molar-refractivity contribution in [3.8, 4) is 11.5 Å². The SMILES string of the molecule is Cc1cc(O)cc(C)c1C[C@H](NCCCCc1ncc(CCCCNC(=O)[C@@H](N)Cc2c(C)cc(O)cc2C)[nH]c1=O)C(=O)O. The maximum Gasteiger partial charge on any atom is 0.321 e. The van der Waals surface area contributed by atoms with E-state index in [1.165, 1.54) is 0 Å². The number of aromatic nitrogens is 2. The summed E-state index contributed by atoms with van der Waals surface area (Å²) in [6.45, 7) is 8.45. The van der Waals surface area contributed by atoms with Crippen LogP contribution in [0, 0.1) is 27.7 Å². The van der Waals surface area contributed by atoms with Crippen LogP contribution >= 0.6 is 0 Å².